The molecule has 3 nitrogen and oxygen atoms in total. The highest BCUT2D eigenvalue weighted by Gasteiger charge is 2.20. The second-order valence-electron chi connectivity index (χ2n) is 6.14. The number of nitrogens with one attached hydrogen (secondary N) is 1. The monoisotopic (exact) mass is 384 g/mol. The van der Waals surface area contributed by atoms with E-state index in [1.165, 1.54) is 5.56 Å². The Bertz CT molecular complexity index is 816. The van der Waals surface area contributed by atoms with Gasteiger partial charge in [0.05, 0.1) is 4.47 Å². The lowest BCUT2D eigenvalue weighted by Gasteiger charge is -2.14. The largest absolute Gasteiger partial charge is 0.348 e. The van der Waals surface area contributed by atoms with Gasteiger partial charge in [-0.25, -0.2) is 0 Å². The van der Waals surface area contributed by atoms with Gasteiger partial charge in [0, 0.05) is 24.0 Å². The molecule has 1 unspecified atom stereocenters. The van der Waals surface area contributed by atoms with Gasteiger partial charge in [0.1, 0.15) is 5.69 Å². The highest BCUT2D eigenvalue weighted by molar-refractivity contribution is 9.10. The summed E-state index contributed by atoms with van der Waals surface area (Å²) in [7, 11) is 1.93. The molecule has 0 bridgehead atoms. The van der Waals surface area contributed by atoms with Gasteiger partial charge in [-0.1, -0.05) is 48.5 Å². The Morgan fingerprint density at radius 3 is 2.50 bits per heavy atom. The van der Waals surface area contributed by atoms with Crippen molar-refractivity contribution in [2.45, 2.75) is 25.8 Å². The van der Waals surface area contributed by atoms with E-state index in [9.17, 15) is 4.79 Å². The van der Waals surface area contributed by atoms with E-state index in [2.05, 4.69) is 40.3 Å². The van der Waals surface area contributed by atoms with E-state index in [1.54, 1.807) is 0 Å². The van der Waals surface area contributed by atoms with Gasteiger partial charge >= 0.3 is 0 Å². The lowest BCUT2D eigenvalue weighted by molar-refractivity contribution is 0.0930. The van der Waals surface area contributed by atoms with Crippen molar-refractivity contribution < 1.29 is 4.79 Å². The number of halogens is 1. The van der Waals surface area contributed by atoms with Crippen molar-refractivity contribution >= 4 is 32.7 Å². The van der Waals surface area contributed by atoms with Gasteiger partial charge in [-0.2, -0.15) is 0 Å². The topological polar surface area (TPSA) is 34.0 Å². The van der Waals surface area contributed by atoms with Gasteiger partial charge in [-0.15, -0.1) is 0 Å². The van der Waals surface area contributed by atoms with Crippen LogP contribution in [0.1, 0.15) is 29.4 Å². The number of rotatable bonds is 5. The summed E-state index contributed by atoms with van der Waals surface area (Å²) in [5.74, 6) is -0.0406. The van der Waals surface area contributed by atoms with Gasteiger partial charge in [0.15, 0.2) is 0 Å². The Morgan fingerprint density at radius 1 is 1.12 bits per heavy atom. The molecule has 1 aromatic heterocycles. The molecule has 4 heteroatoms. The van der Waals surface area contributed by atoms with E-state index in [0.717, 1.165) is 28.2 Å². The first-order valence-corrected chi connectivity index (χ1v) is 8.95. The van der Waals surface area contributed by atoms with Gasteiger partial charge in [0.2, 0.25) is 0 Å². The maximum absolute atomic E-state index is 12.7. The Balaban J connectivity index is 1.71. The number of aryl methyl sites for hydroxylation is 2. The maximum atomic E-state index is 12.7. The van der Waals surface area contributed by atoms with Crippen molar-refractivity contribution in [3.05, 3.63) is 70.3 Å². The number of hydrogen-bond acceptors (Lipinski definition) is 1. The van der Waals surface area contributed by atoms with Gasteiger partial charge in [0.25, 0.3) is 5.91 Å². The average molecular weight is 385 g/mol. The van der Waals surface area contributed by atoms with E-state index in [1.807, 2.05) is 54.1 Å². The molecule has 0 radical (unpaired) electrons. The van der Waals surface area contributed by atoms with Gasteiger partial charge in [-0.3, -0.25) is 4.79 Å². The summed E-state index contributed by atoms with van der Waals surface area (Å²) in [6.45, 7) is 2.05. The molecular weight excluding hydrogens is 364 g/mol. The molecule has 1 heterocycles. The van der Waals surface area contributed by atoms with Crippen LogP contribution in [0.2, 0.25) is 0 Å². The smallest absolute Gasteiger partial charge is 0.269 e. The van der Waals surface area contributed by atoms with E-state index < -0.39 is 0 Å². The summed E-state index contributed by atoms with van der Waals surface area (Å²) >= 11 is 3.59. The van der Waals surface area contributed by atoms with Crippen LogP contribution in [-0.4, -0.2) is 16.5 Å². The highest BCUT2D eigenvalue weighted by atomic mass is 79.9. The number of hydrogen-bond donors (Lipinski definition) is 1. The minimum Gasteiger partial charge on any atom is -0.348 e. The van der Waals surface area contributed by atoms with Crippen molar-refractivity contribution in [3.63, 3.8) is 0 Å². The minimum atomic E-state index is -0.0406. The number of carbonyl (C=O) groups excluding carboxylic acids is 1. The summed E-state index contributed by atoms with van der Waals surface area (Å²) in [5, 5.41) is 4.18. The quantitative estimate of drug-likeness (QED) is 0.679. The first-order valence-electron chi connectivity index (χ1n) is 8.15. The molecule has 3 aromatic rings. The van der Waals surface area contributed by atoms with Crippen molar-refractivity contribution in [1.82, 2.24) is 9.88 Å². The second kappa shape index (κ2) is 7.22. The fourth-order valence-electron chi connectivity index (χ4n) is 2.99. The second-order valence-corrected chi connectivity index (χ2v) is 6.93. The SMILES string of the molecule is CC(CCc1ccccc1)NC(=O)c1c(Br)c2ccccc2n1C. The van der Waals surface area contributed by atoms with Crippen LogP contribution in [0, 0.1) is 0 Å². The predicted octanol–water partition coefficient (Wildman–Crippen LogP) is 4.69. The van der Waals surface area contributed by atoms with Crippen molar-refractivity contribution in [1.29, 1.82) is 0 Å². The maximum Gasteiger partial charge on any atom is 0.269 e. The zero-order valence-corrected chi connectivity index (χ0v) is 15.5. The molecule has 0 aliphatic carbocycles. The number of benzene rings is 2. The molecule has 0 fully saturated rings. The molecule has 0 aliphatic rings. The van der Waals surface area contributed by atoms with Crippen molar-refractivity contribution in [3.8, 4) is 0 Å². The van der Waals surface area contributed by atoms with Gasteiger partial charge < -0.3 is 9.88 Å². The number of aromatic nitrogens is 1. The molecule has 124 valence electrons. The lowest BCUT2D eigenvalue weighted by atomic mass is 10.1. The molecule has 1 N–H and O–H groups in total. The van der Waals surface area contributed by atoms with Crippen molar-refractivity contribution in [2.75, 3.05) is 0 Å². The number of carbonyl (C=O) groups is 1. The molecule has 3 rings (SSSR count). The molecule has 2 aromatic carbocycles. The number of nitrogens with zero attached hydrogens (tertiary/aromatic N) is 1. The molecular formula is C20H21BrN2O. The zero-order valence-electron chi connectivity index (χ0n) is 13.9. The molecule has 0 aliphatic heterocycles. The first kappa shape index (κ1) is 16.8. The Labute approximate surface area is 150 Å². The minimum absolute atomic E-state index is 0.0406. The fraction of sp³-hybridized carbons (Fsp3) is 0.250. The van der Waals surface area contributed by atoms with E-state index in [-0.39, 0.29) is 11.9 Å². The van der Waals surface area contributed by atoms with Crippen LogP contribution in [0.25, 0.3) is 10.9 Å². The Hall–Kier alpha value is -2.07. The van der Waals surface area contributed by atoms with Crippen LogP contribution in [0.4, 0.5) is 0 Å². The molecule has 24 heavy (non-hydrogen) atoms. The Kier molecular flexibility index (Phi) is 5.05. The first-order chi connectivity index (χ1) is 11.6. The van der Waals surface area contributed by atoms with Crippen LogP contribution < -0.4 is 5.32 Å². The molecule has 0 saturated heterocycles. The number of amides is 1. The normalized spacial score (nSPS) is 12.3. The van der Waals surface area contributed by atoms with Crippen LogP contribution in [-0.2, 0) is 13.5 Å². The summed E-state index contributed by atoms with van der Waals surface area (Å²) in [6.07, 6.45) is 1.87. The van der Waals surface area contributed by atoms with E-state index >= 15 is 0 Å². The fourth-order valence-corrected chi connectivity index (χ4v) is 3.77. The van der Waals surface area contributed by atoms with E-state index in [4.69, 9.17) is 0 Å². The zero-order chi connectivity index (χ0) is 17.1. The highest BCUT2D eigenvalue weighted by Crippen LogP contribution is 2.30. The summed E-state index contributed by atoms with van der Waals surface area (Å²) in [4.78, 5) is 12.7. The molecule has 0 spiro atoms. The molecule has 1 atom stereocenters. The van der Waals surface area contributed by atoms with Gasteiger partial charge in [-0.05, 0) is 47.3 Å². The third kappa shape index (κ3) is 3.39. The van der Waals surface area contributed by atoms with E-state index in [0.29, 0.717) is 5.69 Å². The predicted molar refractivity (Wildman–Crippen MR) is 102 cm³/mol. The summed E-state index contributed by atoms with van der Waals surface area (Å²) < 4.78 is 2.80. The van der Waals surface area contributed by atoms with Crippen LogP contribution in [0.3, 0.4) is 0 Å². The standard InChI is InChI=1S/C20H21BrN2O/c1-14(12-13-15-8-4-3-5-9-15)22-20(24)19-18(21)16-10-6-7-11-17(16)23(19)2/h3-11,14H,12-13H2,1-2H3,(H,22,24). The Morgan fingerprint density at radius 2 is 1.79 bits per heavy atom. The third-order valence-corrected chi connectivity index (χ3v) is 5.15. The number of fused-ring (bicyclic) bond motifs is 1. The third-order valence-electron chi connectivity index (χ3n) is 4.35. The average Bonchev–Trinajstić information content (AvgIpc) is 2.85. The van der Waals surface area contributed by atoms with Crippen molar-refractivity contribution in [2.24, 2.45) is 7.05 Å². The molecule has 0 saturated carbocycles. The lowest BCUT2D eigenvalue weighted by Crippen LogP contribution is -2.34. The van der Waals surface area contributed by atoms with Crippen LogP contribution in [0.15, 0.2) is 59.1 Å². The molecule has 1 amide bonds. The summed E-state index contributed by atoms with van der Waals surface area (Å²) in [5.41, 5.74) is 3.01. The van der Waals surface area contributed by atoms with Crippen LogP contribution in [0.5, 0.6) is 0 Å². The summed E-state index contributed by atoms with van der Waals surface area (Å²) in [6, 6.07) is 18.5. The van der Waals surface area contributed by atoms with Crippen LogP contribution >= 0.6 is 15.9 Å². The number of para-hydroxylation sites is 1.